The molecule has 1 aliphatic carbocycles. The molecule has 0 bridgehead atoms. The maximum Gasteiger partial charge on any atom is 0.193 e. The fourth-order valence-electron chi connectivity index (χ4n) is 4.42. The van der Waals surface area contributed by atoms with E-state index in [-0.39, 0.29) is 24.0 Å². The van der Waals surface area contributed by atoms with Crippen molar-refractivity contribution in [3.63, 3.8) is 0 Å². The normalized spacial score (nSPS) is 25.6. The van der Waals surface area contributed by atoms with Crippen molar-refractivity contribution in [1.82, 2.24) is 10.2 Å². The largest absolute Gasteiger partial charge is 0.379 e. The lowest BCUT2D eigenvalue weighted by Gasteiger charge is -2.26. The second kappa shape index (κ2) is 10.9. The van der Waals surface area contributed by atoms with E-state index in [0.29, 0.717) is 11.5 Å². The number of ether oxygens (including phenoxy) is 2. The summed E-state index contributed by atoms with van der Waals surface area (Å²) >= 11 is 0. The first-order valence-electron chi connectivity index (χ1n) is 10.0. The number of guanidine groups is 1. The highest BCUT2D eigenvalue weighted by Crippen LogP contribution is 2.45. The van der Waals surface area contributed by atoms with Gasteiger partial charge in [-0.2, -0.15) is 0 Å². The molecule has 1 unspecified atom stereocenters. The summed E-state index contributed by atoms with van der Waals surface area (Å²) in [5.41, 5.74) is 0.598. The van der Waals surface area contributed by atoms with E-state index >= 15 is 0 Å². The van der Waals surface area contributed by atoms with Crippen molar-refractivity contribution < 1.29 is 9.47 Å². The van der Waals surface area contributed by atoms with Crippen molar-refractivity contribution in [2.75, 3.05) is 46.0 Å². The maximum absolute atomic E-state index is 5.73. The fourth-order valence-corrected chi connectivity index (χ4v) is 4.42. The van der Waals surface area contributed by atoms with Crippen LogP contribution in [-0.2, 0) is 9.47 Å². The van der Waals surface area contributed by atoms with Crippen LogP contribution in [-0.4, -0.2) is 63.0 Å². The maximum atomic E-state index is 5.73. The van der Waals surface area contributed by atoms with Gasteiger partial charge in [0.2, 0.25) is 0 Å². The first-order chi connectivity index (χ1) is 11.8. The van der Waals surface area contributed by atoms with Gasteiger partial charge >= 0.3 is 0 Å². The second-order valence-corrected chi connectivity index (χ2v) is 7.68. The van der Waals surface area contributed by atoms with Crippen LogP contribution in [0.4, 0.5) is 0 Å². The lowest BCUT2D eigenvalue weighted by Crippen LogP contribution is -2.41. The number of likely N-dealkylation sites (tertiary alicyclic amines) is 1. The van der Waals surface area contributed by atoms with Gasteiger partial charge in [-0.05, 0) is 50.9 Å². The van der Waals surface area contributed by atoms with Gasteiger partial charge in [-0.3, -0.25) is 4.99 Å². The average molecular weight is 465 g/mol. The molecule has 1 saturated carbocycles. The molecule has 0 amide bonds. The van der Waals surface area contributed by atoms with Crippen LogP contribution >= 0.6 is 24.0 Å². The summed E-state index contributed by atoms with van der Waals surface area (Å²) < 4.78 is 11.3. The Labute approximate surface area is 170 Å². The summed E-state index contributed by atoms with van der Waals surface area (Å²) in [5, 5.41) is 3.48. The van der Waals surface area contributed by atoms with Crippen LogP contribution in [0.1, 0.15) is 58.3 Å². The van der Waals surface area contributed by atoms with Gasteiger partial charge in [0, 0.05) is 39.4 Å². The van der Waals surface area contributed by atoms with Crippen molar-refractivity contribution >= 4 is 29.9 Å². The van der Waals surface area contributed by atoms with E-state index in [1.807, 2.05) is 0 Å². The summed E-state index contributed by atoms with van der Waals surface area (Å²) in [6.45, 7) is 8.75. The lowest BCUT2D eigenvalue weighted by atomic mass is 9.86. The van der Waals surface area contributed by atoms with Crippen LogP contribution in [0, 0.1) is 5.41 Å². The summed E-state index contributed by atoms with van der Waals surface area (Å²) in [5.74, 6) is 1.11. The number of aliphatic imine (C=N–C) groups is 1. The van der Waals surface area contributed by atoms with Gasteiger partial charge in [-0.25, -0.2) is 0 Å². The third-order valence-electron chi connectivity index (χ3n) is 5.77. The second-order valence-electron chi connectivity index (χ2n) is 7.68. The van der Waals surface area contributed by atoms with Crippen molar-refractivity contribution in [2.24, 2.45) is 10.4 Å². The lowest BCUT2D eigenvalue weighted by molar-refractivity contribution is 0.0170. The number of halogens is 1. The zero-order valence-electron chi connectivity index (χ0n) is 15.8. The third kappa shape index (κ3) is 6.24. The zero-order chi connectivity index (χ0) is 16.7. The Kier molecular flexibility index (Phi) is 9.27. The molecule has 0 radical (unpaired) electrons. The first kappa shape index (κ1) is 21.2. The van der Waals surface area contributed by atoms with Gasteiger partial charge in [-0.1, -0.05) is 12.8 Å². The minimum atomic E-state index is 0. The van der Waals surface area contributed by atoms with Gasteiger partial charge in [-0.15, -0.1) is 24.0 Å². The predicted molar refractivity (Wildman–Crippen MR) is 113 cm³/mol. The van der Waals surface area contributed by atoms with E-state index in [4.69, 9.17) is 14.5 Å². The van der Waals surface area contributed by atoms with Crippen molar-refractivity contribution in [3.05, 3.63) is 0 Å². The molecule has 0 aromatic rings. The molecule has 146 valence electrons. The standard InChI is InChI=1S/C19H35N3O2.HI/c1-2-20-18(22-12-10-19(16-22)8-3-4-9-19)21-11-6-13-23-15-17-7-5-14-24-17;/h17H,2-16H2,1H3,(H,20,21);1H. The highest BCUT2D eigenvalue weighted by molar-refractivity contribution is 14.0. The molecule has 2 saturated heterocycles. The van der Waals surface area contributed by atoms with Crippen molar-refractivity contribution in [1.29, 1.82) is 0 Å². The highest BCUT2D eigenvalue weighted by atomic mass is 127. The first-order valence-corrected chi connectivity index (χ1v) is 10.0. The minimum absolute atomic E-state index is 0. The van der Waals surface area contributed by atoms with E-state index in [9.17, 15) is 0 Å². The quantitative estimate of drug-likeness (QED) is 0.271. The van der Waals surface area contributed by atoms with Crippen LogP contribution in [0.15, 0.2) is 4.99 Å². The number of hydrogen-bond acceptors (Lipinski definition) is 3. The van der Waals surface area contributed by atoms with Gasteiger partial charge < -0.3 is 19.7 Å². The van der Waals surface area contributed by atoms with Crippen LogP contribution in [0.5, 0.6) is 0 Å². The van der Waals surface area contributed by atoms with Crippen LogP contribution in [0.25, 0.3) is 0 Å². The molecule has 2 heterocycles. The molecule has 6 heteroatoms. The number of rotatable bonds is 7. The number of nitrogens with one attached hydrogen (secondary N) is 1. The Morgan fingerprint density at radius 1 is 1.28 bits per heavy atom. The van der Waals surface area contributed by atoms with Crippen LogP contribution < -0.4 is 5.32 Å². The van der Waals surface area contributed by atoms with Crippen molar-refractivity contribution in [3.8, 4) is 0 Å². The topological polar surface area (TPSA) is 46.1 Å². The Morgan fingerprint density at radius 3 is 2.84 bits per heavy atom. The predicted octanol–water partition coefficient (Wildman–Crippen LogP) is 3.42. The Hall–Kier alpha value is -0.0800. The molecular weight excluding hydrogens is 429 g/mol. The smallest absolute Gasteiger partial charge is 0.193 e. The van der Waals surface area contributed by atoms with E-state index in [2.05, 4.69) is 17.1 Å². The Morgan fingerprint density at radius 2 is 2.12 bits per heavy atom. The molecule has 3 aliphatic rings. The van der Waals surface area contributed by atoms with Gasteiger partial charge in [0.1, 0.15) is 0 Å². The van der Waals surface area contributed by atoms with Gasteiger partial charge in [0.25, 0.3) is 0 Å². The molecular formula is C19H36IN3O2. The summed E-state index contributed by atoms with van der Waals surface area (Å²) in [6.07, 6.45) is 10.7. The molecule has 1 N–H and O–H groups in total. The average Bonchev–Trinajstić information content (AvgIpc) is 3.34. The molecule has 3 fully saturated rings. The van der Waals surface area contributed by atoms with Crippen LogP contribution in [0.2, 0.25) is 0 Å². The molecule has 0 aromatic carbocycles. The third-order valence-corrected chi connectivity index (χ3v) is 5.77. The van der Waals surface area contributed by atoms with E-state index in [0.717, 1.165) is 51.7 Å². The molecule has 3 rings (SSSR count). The SMILES string of the molecule is CCNC(=NCCCOCC1CCCO1)N1CCC2(CCCC2)C1.I. The summed E-state index contributed by atoms with van der Waals surface area (Å²) in [7, 11) is 0. The molecule has 5 nitrogen and oxygen atoms in total. The summed E-state index contributed by atoms with van der Waals surface area (Å²) in [4.78, 5) is 7.33. The monoisotopic (exact) mass is 465 g/mol. The fraction of sp³-hybridized carbons (Fsp3) is 0.947. The minimum Gasteiger partial charge on any atom is -0.379 e. The highest BCUT2D eigenvalue weighted by Gasteiger charge is 2.41. The molecule has 1 atom stereocenters. The molecule has 0 aromatic heterocycles. The summed E-state index contributed by atoms with van der Waals surface area (Å²) in [6, 6.07) is 0. The van der Waals surface area contributed by atoms with Crippen molar-refractivity contribution in [2.45, 2.75) is 64.4 Å². The van der Waals surface area contributed by atoms with E-state index < -0.39 is 0 Å². The van der Waals surface area contributed by atoms with Gasteiger partial charge in [0.05, 0.1) is 12.7 Å². The number of nitrogens with zero attached hydrogens (tertiary/aromatic N) is 2. The van der Waals surface area contributed by atoms with E-state index in [1.54, 1.807) is 0 Å². The Balaban J connectivity index is 0.00000225. The molecule has 1 spiro atoms. The zero-order valence-corrected chi connectivity index (χ0v) is 18.1. The van der Waals surface area contributed by atoms with E-state index in [1.165, 1.54) is 51.6 Å². The number of hydrogen-bond donors (Lipinski definition) is 1. The van der Waals surface area contributed by atoms with Crippen LogP contribution in [0.3, 0.4) is 0 Å². The Bertz CT molecular complexity index is 407. The molecule has 25 heavy (non-hydrogen) atoms. The van der Waals surface area contributed by atoms with Gasteiger partial charge in [0.15, 0.2) is 5.96 Å². The molecule has 2 aliphatic heterocycles.